The van der Waals surface area contributed by atoms with Gasteiger partial charge in [0.2, 0.25) is 15.9 Å². The van der Waals surface area contributed by atoms with Crippen molar-refractivity contribution in [2.24, 2.45) is 5.92 Å². The Bertz CT molecular complexity index is 907. The van der Waals surface area contributed by atoms with Crippen molar-refractivity contribution in [3.8, 4) is 0 Å². The van der Waals surface area contributed by atoms with E-state index in [1.807, 2.05) is 32.9 Å². The van der Waals surface area contributed by atoms with Crippen molar-refractivity contribution in [2.45, 2.75) is 57.4 Å². The molecule has 1 N–H and O–H groups in total. The van der Waals surface area contributed by atoms with Crippen LogP contribution in [0.1, 0.15) is 42.4 Å². The first-order valence-corrected chi connectivity index (χ1v) is 12.3. The molecule has 0 bridgehead atoms. The molecule has 2 fully saturated rings. The first-order chi connectivity index (χ1) is 14.6. The summed E-state index contributed by atoms with van der Waals surface area (Å²) >= 11 is 0. The van der Waals surface area contributed by atoms with Crippen molar-refractivity contribution in [1.82, 2.24) is 14.5 Å². The van der Waals surface area contributed by atoms with Gasteiger partial charge in [-0.05, 0) is 57.6 Å². The molecule has 0 unspecified atom stereocenters. The Morgan fingerprint density at radius 2 is 1.52 bits per heavy atom. The smallest absolute Gasteiger partial charge is 0.409 e. The highest BCUT2D eigenvalue weighted by Gasteiger charge is 2.34. The molecular formula is C22H33N3O5S. The number of piperidine rings is 2. The van der Waals surface area contributed by atoms with Crippen molar-refractivity contribution in [1.29, 1.82) is 0 Å². The van der Waals surface area contributed by atoms with Gasteiger partial charge in [-0.2, -0.15) is 4.31 Å². The quantitative estimate of drug-likeness (QED) is 0.758. The van der Waals surface area contributed by atoms with Gasteiger partial charge in [0.15, 0.2) is 0 Å². The summed E-state index contributed by atoms with van der Waals surface area (Å²) in [6, 6.07) is 3.82. The van der Waals surface area contributed by atoms with E-state index in [0.717, 1.165) is 16.7 Å². The number of methoxy groups -OCH3 is 1. The Morgan fingerprint density at radius 3 is 2.03 bits per heavy atom. The van der Waals surface area contributed by atoms with E-state index < -0.39 is 10.0 Å². The summed E-state index contributed by atoms with van der Waals surface area (Å²) < 4.78 is 32.7. The third-order valence-corrected chi connectivity index (χ3v) is 8.51. The molecule has 0 radical (unpaired) electrons. The number of sulfonamides is 1. The van der Waals surface area contributed by atoms with Crippen LogP contribution >= 0.6 is 0 Å². The van der Waals surface area contributed by atoms with Crippen molar-refractivity contribution in [2.75, 3.05) is 33.3 Å². The van der Waals surface area contributed by atoms with Crippen LogP contribution in [0.4, 0.5) is 4.79 Å². The summed E-state index contributed by atoms with van der Waals surface area (Å²) in [6.45, 7) is 7.42. The summed E-state index contributed by atoms with van der Waals surface area (Å²) in [6.07, 6.45) is 2.07. The zero-order valence-electron chi connectivity index (χ0n) is 18.8. The van der Waals surface area contributed by atoms with Crippen LogP contribution in [-0.4, -0.2) is 69.0 Å². The van der Waals surface area contributed by atoms with Crippen LogP contribution < -0.4 is 5.32 Å². The predicted octanol–water partition coefficient (Wildman–Crippen LogP) is 2.36. The van der Waals surface area contributed by atoms with Gasteiger partial charge in [-0.15, -0.1) is 0 Å². The van der Waals surface area contributed by atoms with E-state index in [9.17, 15) is 18.0 Å². The topological polar surface area (TPSA) is 96.0 Å². The average Bonchev–Trinajstić information content (AvgIpc) is 2.72. The van der Waals surface area contributed by atoms with Crippen molar-refractivity contribution in [3.05, 3.63) is 28.8 Å². The molecule has 9 heteroatoms. The van der Waals surface area contributed by atoms with Gasteiger partial charge in [0, 0.05) is 38.1 Å². The van der Waals surface area contributed by atoms with Crippen LogP contribution in [0.2, 0.25) is 0 Å². The Labute approximate surface area is 185 Å². The molecule has 8 nitrogen and oxygen atoms in total. The Morgan fingerprint density at radius 1 is 0.968 bits per heavy atom. The van der Waals surface area contributed by atoms with Crippen molar-refractivity contribution < 1.29 is 22.7 Å². The minimum atomic E-state index is -3.58. The maximum Gasteiger partial charge on any atom is 0.409 e. The van der Waals surface area contributed by atoms with E-state index in [1.54, 1.807) is 4.90 Å². The molecule has 0 atom stereocenters. The van der Waals surface area contributed by atoms with Gasteiger partial charge in [0.1, 0.15) is 0 Å². The fraction of sp³-hybridized carbons (Fsp3) is 0.636. The van der Waals surface area contributed by atoms with Gasteiger partial charge in [0.25, 0.3) is 0 Å². The summed E-state index contributed by atoms with van der Waals surface area (Å²) in [5.41, 5.74) is 2.56. The number of likely N-dealkylation sites (tertiary alicyclic amines) is 1. The Balaban J connectivity index is 1.55. The molecule has 31 heavy (non-hydrogen) atoms. The molecule has 2 aliphatic heterocycles. The average molecular weight is 452 g/mol. The van der Waals surface area contributed by atoms with E-state index in [2.05, 4.69) is 5.32 Å². The lowest BCUT2D eigenvalue weighted by molar-refractivity contribution is -0.127. The summed E-state index contributed by atoms with van der Waals surface area (Å²) in [4.78, 5) is 26.3. The normalized spacial score (nSPS) is 19.3. The predicted molar refractivity (Wildman–Crippen MR) is 117 cm³/mol. The number of amides is 2. The molecule has 1 aromatic carbocycles. The first kappa shape index (κ1) is 23.5. The number of nitrogens with one attached hydrogen (secondary N) is 1. The molecule has 172 valence electrons. The third-order valence-electron chi connectivity index (χ3n) is 6.30. The maximum atomic E-state index is 13.2. The largest absolute Gasteiger partial charge is 0.453 e. The molecule has 2 amide bonds. The highest BCUT2D eigenvalue weighted by Crippen LogP contribution is 2.29. The number of nitrogens with zero attached hydrogens (tertiary/aromatic N) is 2. The van der Waals surface area contributed by atoms with Crippen molar-refractivity contribution >= 4 is 22.0 Å². The summed E-state index contributed by atoms with van der Waals surface area (Å²) in [7, 11) is -2.22. The number of ether oxygens (including phenoxy) is 1. The molecule has 0 saturated carbocycles. The number of hydrogen-bond acceptors (Lipinski definition) is 5. The minimum Gasteiger partial charge on any atom is -0.453 e. The fourth-order valence-electron chi connectivity index (χ4n) is 4.72. The van der Waals surface area contributed by atoms with Crippen LogP contribution in [0, 0.1) is 26.7 Å². The fourth-order valence-corrected chi connectivity index (χ4v) is 6.60. The summed E-state index contributed by atoms with van der Waals surface area (Å²) in [5.74, 6) is -0.207. The zero-order chi connectivity index (χ0) is 22.8. The van der Waals surface area contributed by atoms with E-state index >= 15 is 0 Å². The number of rotatable bonds is 4. The number of benzene rings is 1. The van der Waals surface area contributed by atoms with Gasteiger partial charge in [-0.25, -0.2) is 13.2 Å². The minimum absolute atomic E-state index is 0.0173. The monoisotopic (exact) mass is 451 g/mol. The lowest BCUT2D eigenvalue weighted by Gasteiger charge is -2.34. The van der Waals surface area contributed by atoms with Gasteiger partial charge >= 0.3 is 6.09 Å². The molecule has 2 saturated heterocycles. The highest BCUT2D eigenvalue weighted by atomic mass is 32.2. The molecule has 2 heterocycles. The van der Waals surface area contributed by atoms with E-state index in [1.165, 1.54) is 11.4 Å². The molecule has 3 rings (SSSR count). The van der Waals surface area contributed by atoms with Crippen LogP contribution in [0.25, 0.3) is 0 Å². The Kier molecular flexibility index (Phi) is 7.26. The van der Waals surface area contributed by atoms with Crippen LogP contribution in [0.15, 0.2) is 17.0 Å². The van der Waals surface area contributed by atoms with E-state index in [4.69, 9.17) is 4.74 Å². The third kappa shape index (κ3) is 5.20. The van der Waals surface area contributed by atoms with E-state index in [-0.39, 0.29) is 24.0 Å². The molecular weight excluding hydrogens is 418 g/mol. The van der Waals surface area contributed by atoms with Crippen LogP contribution in [0.3, 0.4) is 0 Å². The van der Waals surface area contributed by atoms with E-state index in [0.29, 0.717) is 56.8 Å². The number of hydrogen-bond donors (Lipinski definition) is 1. The molecule has 0 aromatic heterocycles. The van der Waals surface area contributed by atoms with Crippen molar-refractivity contribution in [3.63, 3.8) is 0 Å². The van der Waals surface area contributed by atoms with Gasteiger partial charge in [-0.3, -0.25) is 4.79 Å². The molecule has 1 aromatic rings. The second kappa shape index (κ2) is 9.56. The zero-order valence-corrected chi connectivity index (χ0v) is 19.6. The SMILES string of the molecule is COC(=O)N1CCC(NC(=O)C2CCN(S(=O)(=O)c3c(C)cc(C)cc3C)CC2)CC1. The van der Waals surface area contributed by atoms with Crippen LogP contribution in [0.5, 0.6) is 0 Å². The van der Waals surface area contributed by atoms with Gasteiger partial charge < -0.3 is 15.0 Å². The molecule has 0 aliphatic carbocycles. The summed E-state index contributed by atoms with van der Waals surface area (Å²) in [5, 5.41) is 3.09. The standard InChI is InChI=1S/C22H33N3O5S/c1-15-13-16(2)20(17(3)14-15)31(28,29)25-11-5-18(6-12-25)21(26)23-19-7-9-24(10-8-19)22(27)30-4/h13-14,18-19H,5-12H2,1-4H3,(H,23,26). The molecule has 2 aliphatic rings. The number of carbonyl (C=O) groups is 2. The Hall–Kier alpha value is -2.13. The molecule has 0 spiro atoms. The maximum absolute atomic E-state index is 13.2. The lowest BCUT2D eigenvalue weighted by Crippen LogP contribution is -2.49. The lowest BCUT2D eigenvalue weighted by atomic mass is 9.96. The van der Waals surface area contributed by atoms with Gasteiger partial charge in [-0.1, -0.05) is 17.7 Å². The van der Waals surface area contributed by atoms with Crippen LogP contribution in [-0.2, 0) is 19.6 Å². The highest BCUT2D eigenvalue weighted by molar-refractivity contribution is 7.89. The second-order valence-corrected chi connectivity index (χ2v) is 10.5. The number of aryl methyl sites for hydroxylation is 3. The second-order valence-electron chi connectivity index (χ2n) is 8.65. The van der Waals surface area contributed by atoms with Gasteiger partial charge in [0.05, 0.1) is 12.0 Å². The first-order valence-electron chi connectivity index (χ1n) is 10.8. The number of carbonyl (C=O) groups excluding carboxylic acids is 2.